The number of hydrogen-bond donors (Lipinski definition) is 6. The topological polar surface area (TPSA) is 121 Å². The molecule has 0 aromatic heterocycles. The van der Waals surface area contributed by atoms with Crippen molar-refractivity contribution in [1.29, 1.82) is 0 Å². The van der Waals surface area contributed by atoms with Gasteiger partial charge in [0, 0.05) is 0 Å². The molecule has 0 saturated carbocycles. The molecule has 0 saturated heterocycles. The van der Waals surface area contributed by atoms with Crippen molar-refractivity contribution in [3.05, 3.63) is 70.8 Å². The zero-order chi connectivity index (χ0) is 20.3. The Morgan fingerprint density at radius 3 is 1.11 bits per heavy atom. The molecule has 0 fully saturated rings. The summed E-state index contributed by atoms with van der Waals surface area (Å²) in [6.45, 7) is 0. The monoisotopic (exact) mass is 382 g/mol. The first kappa shape index (κ1) is 19.2. The first-order valence-electron chi connectivity index (χ1n) is 8.89. The fraction of sp³-hybridized carbons (Fsp3) is 0.182. The molecule has 0 unspecified atom stereocenters. The largest absolute Gasteiger partial charge is 0.504 e. The fourth-order valence-electron chi connectivity index (χ4n) is 3.21. The van der Waals surface area contributed by atoms with Gasteiger partial charge in [-0.25, -0.2) is 0 Å². The lowest BCUT2D eigenvalue weighted by Gasteiger charge is -2.11. The SMILES string of the molecule is Oc1cc(CCc2ccccc2CCc2cc(O)c(O)c(O)c2)cc(O)c1O. The Balaban J connectivity index is 1.71. The molecule has 146 valence electrons. The van der Waals surface area contributed by atoms with Crippen LogP contribution < -0.4 is 0 Å². The molecule has 0 spiro atoms. The summed E-state index contributed by atoms with van der Waals surface area (Å²) >= 11 is 0. The minimum Gasteiger partial charge on any atom is -0.504 e. The Morgan fingerprint density at radius 2 is 0.786 bits per heavy atom. The van der Waals surface area contributed by atoms with E-state index in [0.717, 1.165) is 11.1 Å². The predicted octanol–water partition coefficient (Wildman–Crippen LogP) is 3.49. The first-order chi connectivity index (χ1) is 13.3. The van der Waals surface area contributed by atoms with Gasteiger partial charge in [0.1, 0.15) is 0 Å². The minimum absolute atomic E-state index is 0.352. The van der Waals surface area contributed by atoms with Gasteiger partial charge in [0.15, 0.2) is 34.5 Å². The molecule has 0 amide bonds. The van der Waals surface area contributed by atoms with Crippen LogP contribution in [0.3, 0.4) is 0 Å². The van der Waals surface area contributed by atoms with Gasteiger partial charge >= 0.3 is 0 Å². The quantitative estimate of drug-likeness (QED) is 0.363. The van der Waals surface area contributed by atoms with Crippen molar-refractivity contribution < 1.29 is 30.6 Å². The van der Waals surface area contributed by atoms with Gasteiger partial charge in [-0.3, -0.25) is 0 Å². The average Bonchev–Trinajstić information content (AvgIpc) is 2.67. The summed E-state index contributed by atoms with van der Waals surface area (Å²) in [6.07, 6.45) is 2.48. The fourth-order valence-corrected chi connectivity index (χ4v) is 3.21. The Bertz CT molecular complexity index is 870. The van der Waals surface area contributed by atoms with E-state index >= 15 is 0 Å². The second kappa shape index (κ2) is 8.00. The lowest BCUT2D eigenvalue weighted by Crippen LogP contribution is -1.99. The summed E-state index contributed by atoms with van der Waals surface area (Å²) in [7, 11) is 0. The van der Waals surface area contributed by atoms with Gasteiger partial charge in [-0.2, -0.15) is 0 Å². The van der Waals surface area contributed by atoms with Crippen molar-refractivity contribution in [2.45, 2.75) is 25.7 Å². The van der Waals surface area contributed by atoms with Crippen LogP contribution in [0.5, 0.6) is 34.5 Å². The average molecular weight is 382 g/mol. The number of hydrogen-bond acceptors (Lipinski definition) is 6. The minimum atomic E-state index is -0.524. The predicted molar refractivity (Wildman–Crippen MR) is 104 cm³/mol. The van der Waals surface area contributed by atoms with Gasteiger partial charge in [-0.05, 0) is 72.2 Å². The van der Waals surface area contributed by atoms with Gasteiger partial charge in [0.05, 0.1) is 0 Å². The van der Waals surface area contributed by atoms with Crippen LogP contribution in [-0.2, 0) is 25.7 Å². The van der Waals surface area contributed by atoms with Crippen LogP contribution in [0.2, 0.25) is 0 Å². The lowest BCUT2D eigenvalue weighted by molar-refractivity contribution is 0.367. The van der Waals surface area contributed by atoms with E-state index < -0.39 is 11.5 Å². The van der Waals surface area contributed by atoms with Crippen molar-refractivity contribution in [3.8, 4) is 34.5 Å². The Hall–Kier alpha value is -3.54. The van der Waals surface area contributed by atoms with E-state index in [9.17, 15) is 30.6 Å². The number of phenols is 6. The molecule has 6 nitrogen and oxygen atoms in total. The van der Waals surface area contributed by atoms with E-state index in [1.807, 2.05) is 24.3 Å². The van der Waals surface area contributed by atoms with Crippen LogP contribution in [0, 0.1) is 0 Å². The zero-order valence-corrected chi connectivity index (χ0v) is 15.1. The molecule has 28 heavy (non-hydrogen) atoms. The highest BCUT2D eigenvalue weighted by molar-refractivity contribution is 5.52. The molecule has 0 atom stereocenters. The summed E-state index contributed by atoms with van der Waals surface area (Å²) in [6, 6.07) is 13.6. The van der Waals surface area contributed by atoms with Crippen molar-refractivity contribution in [2.75, 3.05) is 0 Å². The number of phenolic OH excluding ortho intramolecular Hbond substituents is 6. The van der Waals surface area contributed by atoms with Gasteiger partial charge in [0.2, 0.25) is 0 Å². The molecule has 3 rings (SSSR count). The third kappa shape index (κ3) is 4.23. The van der Waals surface area contributed by atoms with Crippen LogP contribution in [-0.4, -0.2) is 30.6 Å². The summed E-state index contributed by atoms with van der Waals surface area (Å²) in [5.41, 5.74) is 3.61. The molecule has 0 aliphatic heterocycles. The van der Waals surface area contributed by atoms with E-state index in [-0.39, 0.29) is 23.0 Å². The maximum Gasteiger partial charge on any atom is 0.200 e. The second-order valence-electron chi connectivity index (χ2n) is 6.73. The summed E-state index contributed by atoms with van der Waals surface area (Å²) in [5, 5.41) is 57.4. The highest BCUT2D eigenvalue weighted by Gasteiger charge is 2.11. The van der Waals surface area contributed by atoms with Crippen LogP contribution >= 0.6 is 0 Å². The molecule has 0 aliphatic rings. The molecule has 6 N–H and O–H groups in total. The maximum absolute atomic E-state index is 9.64. The molecule has 0 bridgehead atoms. The standard InChI is InChI=1S/C22H22O6/c23-17-9-13(10-18(24)21(17)27)5-7-15-3-1-2-4-16(15)8-6-14-11-19(25)22(28)20(26)12-14/h1-4,9-12,23-28H,5-8H2. The maximum atomic E-state index is 9.64. The smallest absolute Gasteiger partial charge is 0.200 e. The molecule has 0 heterocycles. The van der Waals surface area contributed by atoms with Crippen molar-refractivity contribution in [2.24, 2.45) is 0 Å². The van der Waals surface area contributed by atoms with Crippen molar-refractivity contribution >= 4 is 0 Å². The number of benzene rings is 3. The Morgan fingerprint density at radius 1 is 0.464 bits per heavy atom. The molecule has 0 radical (unpaired) electrons. The van der Waals surface area contributed by atoms with E-state index in [0.29, 0.717) is 36.8 Å². The van der Waals surface area contributed by atoms with Gasteiger partial charge in [-0.1, -0.05) is 24.3 Å². The van der Waals surface area contributed by atoms with Crippen LogP contribution in [0.4, 0.5) is 0 Å². The van der Waals surface area contributed by atoms with Gasteiger partial charge in [0.25, 0.3) is 0 Å². The first-order valence-corrected chi connectivity index (χ1v) is 8.89. The van der Waals surface area contributed by atoms with Crippen LogP contribution in [0.25, 0.3) is 0 Å². The molecule has 0 aliphatic carbocycles. The number of aromatic hydroxyl groups is 6. The van der Waals surface area contributed by atoms with Gasteiger partial charge in [-0.15, -0.1) is 0 Å². The highest BCUT2D eigenvalue weighted by Crippen LogP contribution is 2.36. The highest BCUT2D eigenvalue weighted by atomic mass is 16.3. The Labute approximate surface area is 162 Å². The summed E-state index contributed by atoms with van der Waals surface area (Å²) < 4.78 is 0. The van der Waals surface area contributed by atoms with Crippen LogP contribution in [0.15, 0.2) is 48.5 Å². The van der Waals surface area contributed by atoms with E-state index in [4.69, 9.17) is 0 Å². The molecular formula is C22H22O6. The third-order valence-corrected chi connectivity index (χ3v) is 4.74. The third-order valence-electron chi connectivity index (χ3n) is 4.74. The van der Waals surface area contributed by atoms with Gasteiger partial charge < -0.3 is 30.6 Å². The molecule has 3 aromatic rings. The molecule has 3 aromatic carbocycles. The van der Waals surface area contributed by atoms with Crippen LogP contribution in [0.1, 0.15) is 22.3 Å². The second-order valence-corrected chi connectivity index (χ2v) is 6.73. The summed E-state index contributed by atoms with van der Waals surface area (Å²) in [5.74, 6) is -2.45. The van der Waals surface area contributed by atoms with Crippen molar-refractivity contribution in [3.63, 3.8) is 0 Å². The normalized spacial score (nSPS) is 10.9. The van der Waals surface area contributed by atoms with E-state index in [2.05, 4.69) is 0 Å². The lowest BCUT2D eigenvalue weighted by atomic mass is 9.95. The molecular weight excluding hydrogens is 360 g/mol. The van der Waals surface area contributed by atoms with E-state index in [1.54, 1.807) is 0 Å². The molecule has 6 heteroatoms. The zero-order valence-electron chi connectivity index (χ0n) is 15.1. The number of aryl methyl sites for hydroxylation is 4. The summed E-state index contributed by atoms with van der Waals surface area (Å²) in [4.78, 5) is 0. The number of rotatable bonds is 6. The van der Waals surface area contributed by atoms with Crippen molar-refractivity contribution in [1.82, 2.24) is 0 Å². The Kier molecular flexibility index (Phi) is 5.49. The van der Waals surface area contributed by atoms with E-state index in [1.165, 1.54) is 24.3 Å².